The number of para-hydroxylation sites is 1. The molecule has 90 valence electrons. The second-order valence-electron chi connectivity index (χ2n) is 4.11. The van der Waals surface area contributed by atoms with Gasteiger partial charge in [-0.1, -0.05) is 36.0 Å². The fourth-order valence-corrected chi connectivity index (χ4v) is 2.77. The molecule has 0 aliphatic heterocycles. The Morgan fingerprint density at radius 3 is 2.74 bits per heavy atom. The van der Waals surface area contributed by atoms with Crippen LogP contribution in [0.4, 0.5) is 0 Å². The Morgan fingerprint density at radius 2 is 1.84 bits per heavy atom. The Kier molecular flexibility index (Phi) is 3.18. The van der Waals surface area contributed by atoms with Crippen molar-refractivity contribution in [1.29, 1.82) is 5.26 Å². The first-order chi connectivity index (χ1) is 9.35. The van der Waals surface area contributed by atoms with Gasteiger partial charge in [0.05, 0.1) is 17.1 Å². The van der Waals surface area contributed by atoms with Crippen LogP contribution in [0.15, 0.2) is 70.6 Å². The predicted molar refractivity (Wildman–Crippen MR) is 77.0 cm³/mol. The van der Waals surface area contributed by atoms with Crippen molar-refractivity contribution in [2.75, 3.05) is 0 Å². The maximum Gasteiger partial charge on any atom is 0.0992 e. The zero-order chi connectivity index (χ0) is 13.1. The number of benzene rings is 2. The summed E-state index contributed by atoms with van der Waals surface area (Å²) >= 11 is 1.62. The van der Waals surface area contributed by atoms with E-state index in [1.807, 2.05) is 48.7 Å². The lowest BCUT2D eigenvalue weighted by Crippen LogP contribution is -1.81. The molecular formula is C16H10N2S. The van der Waals surface area contributed by atoms with Gasteiger partial charge >= 0.3 is 0 Å². The molecule has 0 atom stereocenters. The lowest BCUT2D eigenvalue weighted by atomic mass is 10.2. The first-order valence-corrected chi connectivity index (χ1v) is 6.69. The van der Waals surface area contributed by atoms with Crippen LogP contribution in [0.1, 0.15) is 5.56 Å². The molecule has 1 heterocycles. The molecule has 0 saturated heterocycles. The van der Waals surface area contributed by atoms with Crippen molar-refractivity contribution in [3.63, 3.8) is 0 Å². The number of nitriles is 1. The maximum atomic E-state index is 8.90. The van der Waals surface area contributed by atoms with E-state index in [4.69, 9.17) is 5.26 Å². The minimum Gasteiger partial charge on any atom is -0.255 e. The van der Waals surface area contributed by atoms with E-state index in [-0.39, 0.29) is 0 Å². The van der Waals surface area contributed by atoms with E-state index in [2.05, 4.69) is 23.2 Å². The minimum absolute atomic E-state index is 0.679. The zero-order valence-corrected chi connectivity index (χ0v) is 10.9. The van der Waals surface area contributed by atoms with Crippen LogP contribution in [-0.4, -0.2) is 4.98 Å². The lowest BCUT2D eigenvalue weighted by molar-refractivity contribution is 1.29. The summed E-state index contributed by atoms with van der Waals surface area (Å²) in [6.07, 6.45) is 1.87. The molecule has 3 rings (SSSR count). The summed E-state index contributed by atoms with van der Waals surface area (Å²) < 4.78 is 0. The number of hydrogen-bond acceptors (Lipinski definition) is 3. The van der Waals surface area contributed by atoms with Gasteiger partial charge in [-0.05, 0) is 30.3 Å². The Morgan fingerprint density at radius 1 is 0.947 bits per heavy atom. The third-order valence-corrected chi connectivity index (χ3v) is 3.71. The number of hydrogen-bond donors (Lipinski definition) is 0. The van der Waals surface area contributed by atoms with Crippen molar-refractivity contribution >= 4 is 22.7 Å². The van der Waals surface area contributed by atoms with E-state index >= 15 is 0 Å². The molecule has 0 amide bonds. The van der Waals surface area contributed by atoms with Crippen molar-refractivity contribution in [3.05, 3.63) is 66.4 Å². The van der Waals surface area contributed by atoms with Crippen LogP contribution in [0.25, 0.3) is 10.9 Å². The van der Waals surface area contributed by atoms with Crippen molar-refractivity contribution in [2.24, 2.45) is 0 Å². The van der Waals surface area contributed by atoms with Crippen molar-refractivity contribution in [2.45, 2.75) is 9.79 Å². The predicted octanol–water partition coefficient (Wildman–Crippen LogP) is 4.26. The number of fused-ring (bicyclic) bond motifs is 1. The molecule has 0 unspecified atom stereocenters. The standard InChI is InChI=1S/C16H10N2S/c17-10-12-4-3-6-14(8-12)19-15-9-13-5-1-2-7-16(13)18-11-15/h1-9,11H. The maximum absolute atomic E-state index is 8.90. The van der Waals surface area contributed by atoms with E-state index in [1.54, 1.807) is 11.8 Å². The van der Waals surface area contributed by atoms with Gasteiger partial charge in [-0.25, -0.2) is 0 Å². The monoisotopic (exact) mass is 262 g/mol. The molecule has 0 fully saturated rings. The van der Waals surface area contributed by atoms with Crippen LogP contribution >= 0.6 is 11.8 Å². The molecule has 0 radical (unpaired) electrons. The van der Waals surface area contributed by atoms with Crippen molar-refractivity contribution < 1.29 is 0 Å². The van der Waals surface area contributed by atoms with E-state index in [0.717, 1.165) is 20.7 Å². The van der Waals surface area contributed by atoms with Gasteiger partial charge in [0.25, 0.3) is 0 Å². The molecule has 0 aliphatic carbocycles. The minimum atomic E-state index is 0.679. The molecule has 3 heteroatoms. The highest BCUT2D eigenvalue weighted by atomic mass is 32.2. The Labute approximate surface area is 115 Å². The summed E-state index contributed by atoms with van der Waals surface area (Å²) in [4.78, 5) is 6.56. The summed E-state index contributed by atoms with van der Waals surface area (Å²) in [5.41, 5.74) is 1.68. The van der Waals surface area contributed by atoms with Gasteiger partial charge in [-0.15, -0.1) is 0 Å². The first-order valence-electron chi connectivity index (χ1n) is 5.88. The Balaban J connectivity index is 1.94. The van der Waals surface area contributed by atoms with Crippen molar-refractivity contribution in [1.82, 2.24) is 4.98 Å². The van der Waals surface area contributed by atoms with Crippen LogP contribution in [0.5, 0.6) is 0 Å². The molecule has 3 aromatic rings. The molecule has 0 N–H and O–H groups in total. The number of aromatic nitrogens is 1. The van der Waals surface area contributed by atoms with Gasteiger partial charge in [0.15, 0.2) is 0 Å². The average Bonchev–Trinajstić information content (AvgIpc) is 2.47. The van der Waals surface area contributed by atoms with E-state index < -0.39 is 0 Å². The number of nitrogens with zero attached hydrogens (tertiary/aromatic N) is 2. The molecule has 0 bridgehead atoms. The SMILES string of the molecule is N#Cc1cccc(Sc2cnc3ccccc3c2)c1. The van der Waals surface area contributed by atoms with Gasteiger partial charge in [0, 0.05) is 21.4 Å². The van der Waals surface area contributed by atoms with Gasteiger partial charge < -0.3 is 0 Å². The largest absolute Gasteiger partial charge is 0.255 e. The van der Waals surface area contributed by atoms with E-state index in [0.29, 0.717) is 5.56 Å². The second-order valence-corrected chi connectivity index (χ2v) is 5.25. The fourth-order valence-electron chi connectivity index (χ4n) is 1.87. The molecule has 2 nitrogen and oxygen atoms in total. The molecule has 1 aromatic heterocycles. The van der Waals surface area contributed by atoms with Crippen LogP contribution in [-0.2, 0) is 0 Å². The van der Waals surface area contributed by atoms with Gasteiger partial charge in [0.2, 0.25) is 0 Å². The normalized spacial score (nSPS) is 10.3. The zero-order valence-electron chi connectivity index (χ0n) is 10.1. The van der Waals surface area contributed by atoms with Crippen LogP contribution in [0.3, 0.4) is 0 Å². The molecule has 0 saturated carbocycles. The quantitative estimate of drug-likeness (QED) is 0.692. The molecule has 0 aliphatic rings. The Hall–Kier alpha value is -2.31. The van der Waals surface area contributed by atoms with Gasteiger partial charge in [-0.2, -0.15) is 5.26 Å². The molecule has 2 aromatic carbocycles. The number of rotatable bonds is 2. The first kappa shape index (κ1) is 11.8. The highest BCUT2D eigenvalue weighted by molar-refractivity contribution is 7.99. The highest BCUT2D eigenvalue weighted by Gasteiger charge is 2.01. The summed E-state index contributed by atoms with van der Waals surface area (Å²) in [6.45, 7) is 0. The lowest BCUT2D eigenvalue weighted by Gasteiger charge is -2.03. The Bertz CT molecular complexity index is 775. The smallest absolute Gasteiger partial charge is 0.0992 e. The molecule has 19 heavy (non-hydrogen) atoms. The van der Waals surface area contributed by atoms with Crippen LogP contribution in [0, 0.1) is 11.3 Å². The van der Waals surface area contributed by atoms with E-state index in [9.17, 15) is 0 Å². The molecule has 0 spiro atoms. The average molecular weight is 262 g/mol. The third kappa shape index (κ3) is 2.59. The number of pyridine rings is 1. The van der Waals surface area contributed by atoms with Crippen LogP contribution in [0.2, 0.25) is 0 Å². The summed E-state index contributed by atoms with van der Waals surface area (Å²) in [5.74, 6) is 0. The fraction of sp³-hybridized carbons (Fsp3) is 0. The summed E-state index contributed by atoms with van der Waals surface area (Å²) in [6, 6.07) is 19.9. The van der Waals surface area contributed by atoms with Crippen LogP contribution < -0.4 is 0 Å². The summed E-state index contributed by atoms with van der Waals surface area (Å²) in [7, 11) is 0. The van der Waals surface area contributed by atoms with Gasteiger partial charge in [-0.3, -0.25) is 4.98 Å². The van der Waals surface area contributed by atoms with Gasteiger partial charge in [0.1, 0.15) is 0 Å². The second kappa shape index (κ2) is 5.13. The third-order valence-electron chi connectivity index (χ3n) is 2.76. The summed E-state index contributed by atoms with van der Waals surface area (Å²) in [5, 5.41) is 10.0. The highest BCUT2D eigenvalue weighted by Crippen LogP contribution is 2.29. The topological polar surface area (TPSA) is 36.7 Å². The van der Waals surface area contributed by atoms with Crippen molar-refractivity contribution in [3.8, 4) is 6.07 Å². The van der Waals surface area contributed by atoms with E-state index in [1.165, 1.54) is 0 Å². The molecular weight excluding hydrogens is 252 g/mol.